The number of carbonyl (C=O) groups is 3. The molecule has 2 heterocycles. The highest BCUT2D eigenvalue weighted by molar-refractivity contribution is 5.92. The number of furan rings is 1. The molecule has 10 nitrogen and oxygen atoms in total. The predicted octanol–water partition coefficient (Wildman–Crippen LogP) is 2.20. The van der Waals surface area contributed by atoms with Gasteiger partial charge in [0, 0.05) is 11.8 Å². The first kappa shape index (κ1) is 23.9. The molecule has 3 N–H and O–H groups in total. The lowest BCUT2D eigenvalue weighted by Crippen LogP contribution is -2.42. The maximum atomic E-state index is 12.4. The van der Waals surface area contributed by atoms with Gasteiger partial charge < -0.3 is 19.8 Å². The maximum absolute atomic E-state index is 12.4. The Hall–Kier alpha value is -3.40. The number of nitrogens with one attached hydrogen (secondary N) is 2. The Balaban J connectivity index is 1.89. The lowest BCUT2D eigenvalue weighted by atomic mass is 10.0. The summed E-state index contributed by atoms with van der Waals surface area (Å²) in [6.45, 7) is 1.81. The molecule has 0 aliphatic rings. The van der Waals surface area contributed by atoms with Gasteiger partial charge in [-0.05, 0) is 24.6 Å². The fraction of sp³-hybridized carbons (Fsp3) is 0.429. The highest BCUT2D eigenvalue weighted by atomic mass is 16.5. The van der Waals surface area contributed by atoms with Crippen LogP contribution in [-0.2, 0) is 9.59 Å². The van der Waals surface area contributed by atoms with Gasteiger partial charge in [0.15, 0.2) is 5.76 Å². The van der Waals surface area contributed by atoms with Gasteiger partial charge in [-0.3, -0.25) is 24.6 Å². The number of rotatable bonds is 13. The molecule has 2 aromatic rings. The fourth-order valence-corrected chi connectivity index (χ4v) is 2.94. The van der Waals surface area contributed by atoms with Crippen molar-refractivity contribution < 1.29 is 28.7 Å². The number of pyridine rings is 1. The third-order valence-corrected chi connectivity index (χ3v) is 4.63. The van der Waals surface area contributed by atoms with Gasteiger partial charge in [0.05, 0.1) is 32.4 Å². The number of aromatic nitrogens is 1. The van der Waals surface area contributed by atoms with Crippen LogP contribution in [-0.4, -0.2) is 53.8 Å². The zero-order valence-electron chi connectivity index (χ0n) is 17.7. The number of nitrogens with zero attached hydrogens (tertiary/aromatic N) is 2. The number of carbonyl (C=O) groups excluding carboxylic acids is 3. The van der Waals surface area contributed by atoms with E-state index in [1.165, 1.54) is 13.2 Å². The van der Waals surface area contributed by atoms with Crippen molar-refractivity contribution in [3.63, 3.8) is 0 Å². The van der Waals surface area contributed by atoms with Crippen LogP contribution in [0.5, 0.6) is 5.75 Å². The van der Waals surface area contributed by atoms with Crippen LogP contribution in [0.15, 0.2) is 35.0 Å². The van der Waals surface area contributed by atoms with Gasteiger partial charge in [0.2, 0.25) is 12.3 Å². The number of hydroxylamine groups is 2. The van der Waals surface area contributed by atoms with E-state index in [1.807, 2.05) is 6.92 Å². The van der Waals surface area contributed by atoms with Crippen molar-refractivity contribution in [3.05, 3.63) is 36.4 Å². The van der Waals surface area contributed by atoms with E-state index in [0.29, 0.717) is 28.6 Å². The van der Waals surface area contributed by atoms with Gasteiger partial charge in [-0.15, -0.1) is 0 Å². The molecule has 0 aliphatic carbocycles. The van der Waals surface area contributed by atoms with E-state index < -0.39 is 11.8 Å². The first-order valence-electron chi connectivity index (χ1n) is 10.0. The summed E-state index contributed by atoms with van der Waals surface area (Å²) in [5.74, 6) is -0.342. The molecule has 0 aromatic carbocycles. The summed E-state index contributed by atoms with van der Waals surface area (Å²) in [7, 11) is 1.53. The molecule has 168 valence electrons. The van der Waals surface area contributed by atoms with Gasteiger partial charge in [-0.25, -0.2) is 5.06 Å². The zero-order valence-corrected chi connectivity index (χ0v) is 17.7. The lowest BCUT2D eigenvalue weighted by Gasteiger charge is -2.19. The molecule has 3 amide bonds. The second kappa shape index (κ2) is 12.3. The second-order valence-corrected chi connectivity index (χ2v) is 6.92. The van der Waals surface area contributed by atoms with E-state index >= 15 is 0 Å². The van der Waals surface area contributed by atoms with E-state index in [2.05, 4.69) is 15.6 Å². The predicted molar refractivity (Wildman–Crippen MR) is 111 cm³/mol. The average Bonchev–Trinajstić information content (AvgIpc) is 3.28. The average molecular weight is 432 g/mol. The minimum absolute atomic E-state index is 0.0778. The van der Waals surface area contributed by atoms with Crippen LogP contribution in [0.3, 0.4) is 0 Å². The molecule has 2 rings (SSSR count). The quantitative estimate of drug-likeness (QED) is 0.145. The van der Waals surface area contributed by atoms with E-state index in [4.69, 9.17) is 9.15 Å². The number of hydrogen-bond acceptors (Lipinski definition) is 7. The number of ether oxygens (including phenoxy) is 1. The molecule has 0 bridgehead atoms. The summed E-state index contributed by atoms with van der Waals surface area (Å²) in [6, 6.07) is 4.90. The fourth-order valence-electron chi connectivity index (χ4n) is 2.94. The molecule has 10 heteroatoms. The Bertz CT molecular complexity index is 869. The first-order valence-corrected chi connectivity index (χ1v) is 10.0. The highest BCUT2D eigenvalue weighted by Crippen LogP contribution is 2.24. The van der Waals surface area contributed by atoms with Crippen LogP contribution in [0.2, 0.25) is 0 Å². The van der Waals surface area contributed by atoms with E-state index in [0.717, 1.165) is 19.3 Å². The molecule has 0 fully saturated rings. The van der Waals surface area contributed by atoms with Crippen LogP contribution in [0.25, 0.3) is 11.3 Å². The van der Waals surface area contributed by atoms with E-state index in [-0.39, 0.29) is 31.3 Å². The lowest BCUT2D eigenvalue weighted by molar-refractivity contribution is -0.154. The minimum atomic E-state index is -0.575. The van der Waals surface area contributed by atoms with Gasteiger partial charge >= 0.3 is 0 Å². The number of methoxy groups -OCH3 is 1. The third kappa shape index (κ3) is 7.41. The van der Waals surface area contributed by atoms with Crippen molar-refractivity contribution in [2.75, 3.05) is 20.3 Å². The first-order chi connectivity index (χ1) is 15.0. The highest BCUT2D eigenvalue weighted by Gasteiger charge is 2.21. The molecular formula is C21H28N4O6. The molecular weight excluding hydrogens is 404 g/mol. The van der Waals surface area contributed by atoms with Crippen LogP contribution in [0.4, 0.5) is 0 Å². The van der Waals surface area contributed by atoms with Crippen molar-refractivity contribution in [1.29, 1.82) is 0 Å². The SMILES string of the molecule is CCCCCC(CN(O)C=O)C(=O)NCNC(=O)c1ccc(-c2cncc(OC)c2)o1. The molecule has 1 unspecified atom stereocenters. The van der Waals surface area contributed by atoms with Crippen molar-refractivity contribution in [2.45, 2.75) is 32.6 Å². The Kier molecular flexibility index (Phi) is 9.50. The molecule has 0 saturated heterocycles. The van der Waals surface area contributed by atoms with Crippen LogP contribution in [0.1, 0.15) is 43.2 Å². The van der Waals surface area contributed by atoms with Gasteiger partial charge in [-0.2, -0.15) is 0 Å². The molecule has 0 aliphatic heterocycles. The standard InChI is InChI=1S/C21H28N4O6/c1-3-4-5-6-15(12-25(29)14-26)20(27)23-13-24-21(28)19-8-7-18(31-19)16-9-17(30-2)11-22-10-16/h7-11,14-15,29H,3-6,12-13H2,1-2H3,(H,23,27)(H,24,28). The van der Waals surface area contributed by atoms with Crippen LogP contribution < -0.4 is 15.4 Å². The second-order valence-electron chi connectivity index (χ2n) is 6.92. The summed E-state index contributed by atoms with van der Waals surface area (Å²) >= 11 is 0. The van der Waals surface area contributed by atoms with Crippen molar-refractivity contribution >= 4 is 18.2 Å². The zero-order chi connectivity index (χ0) is 22.6. The summed E-state index contributed by atoms with van der Waals surface area (Å²) in [6.07, 6.45) is 6.65. The Morgan fingerprint density at radius 3 is 2.81 bits per heavy atom. The number of amides is 3. The Morgan fingerprint density at radius 2 is 2.10 bits per heavy atom. The monoisotopic (exact) mass is 432 g/mol. The largest absolute Gasteiger partial charge is 0.495 e. The third-order valence-electron chi connectivity index (χ3n) is 4.63. The molecule has 0 spiro atoms. The summed E-state index contributed by atoms with van der Waals surface area (Å²) in [5, 5.41) is 15.0. The molecule has 31 heavy (non-hydrogen) atoms. The van der Waals surface area contributed by atoms with Crippen LogP contribution >= 0.6 is 0 Å². The van der Waals surface area contributed by atoms with Crippen molar-refractivity contribution in [3.8, 4) is 17.1 Å². The van der Waals surface area contributed by atoms with Gasteiger partial charge in [0.1, 0.15) is 11.5 Å². The molecule has 0 saturated carbocycles. The smallest absolute Gasteiger partial charge is 0.288 e. The normalized spacial score (nSPS) is 11.5. The molecule has 1 atom stereocenters. The van der Waals surface area contributed by atoms with Crippen molar-refractivity contribution in [2.24, 2.45) is 5.92 Å². The van der Waals surface area contributed by atoms with E-state index in [9.17, 15) is 19.6 Å². The van der Waals surface area contributed by atoms with Gasteiger partial charge in [0.25, 0.3) is 5.91 Å². The summed E-state index contributed by atoms with van der Waals surface area (Å²) in [5.41, 5.74) is 0.658. The van der Waals surface area contributed by atoms with Crippen LogP contribution in [0, 0.1) is 5.92 Å². The minimum Gasteiger partial charge on any atom is -0.495 e. The maximum Gasteiger partial charge on any atom is 0.288 e. The molecule has 2 aromatic heterocycles. The number of hydrogen-bond donors (Lipinski definition) is 3. The summed E-state index contributed by atoms with van der Waals surface area (Å²) in [4.78, 5) is 39.4. The molecule has 0 radical (unpaired) electrons. The topological polar surface area (TPSA) is 134 Å². The Labute approximate surface area is 180 Å². The summed E-state index contributed by atoms with van der Waals surface area (Å²) < 4.78 is 10.7. The van der Waals surface area contributed by atoms with Crippen molar-refractivity contribution in [1.82, 2.24) is 20.7 Å². The van der Waals surface area contributed by atoms with Gasteiger partial charge in [-0.1, -0.05) is 26.2 Å². The Morgan fingerprint density at radius 1 is 1.29 bits per heavy atom. The van der Waals surface area contributed by atoms with E-state index in [1.54, 1.807) is 24.5 Å². The number of unbranched alkanes of at least 4 members (excludes halogenated alkanes) is 2.